The zero-order valence-corrected chi connectivity index (χ0v) is 16.3. The molecule has 0 aliphatic carbocycles. The molecule has 0 bridgehead atoms. The molecule has 0 fully saturated rings. The van der Waals surface area contributed by atoms with E-state index in [1.54, 1.807) is 5.01 Å². The van der Waals surface area contributed by atoms with Crippen LogP contribution in [0.25, 0.3) is 0 Å². The maximum Gasteiger partial charge on any atom is 0.0395 e. The molecule has 0 aliphatic heterocycles. The van der Waals surface area contributed by atoms with E-state index in [-0.39, 0.29) is 16.4 Å². The first-order chi connectivity index (χ1) is 10.8. The summed E-state index contributed by atoms with van der Waals surface area (Å²) in [6, 6.07) is 10.6. The summed E-state index contributed by atoms with van der Waals surface area (Å²) in [6.07, 6.45) is 3.43. The number of benzene rings is 1. The number of hydrazine groups is 1. The van der Waals surface area contributed by atoms with Gasteiger partial charge in [0.2, 0.25) is 0 Å². The summed E-state index contributed by atoms with van der Waals surface area (Å²) >= 11 is 0. The van der Waals surface area contributed by atoms with E-state index in [9.17, 15) is 0 Å². The van der Waals surface area contributed by atoms with Gasteiger partial charge in [0.25, 0.3) is 0 Å². The van der Waals surface area contributed by atoms with Crippen LogP contribution in [0.4, 0.5) is 0 Å². The van der Waals surface area contributed by atoms with Crippen molar-refractivity contribution in [1.82, 2.24) is 5.01 Å². The van der Waals surface area contributed by atoms with Gasteiger partial charge in [-0.2, -0.15) is 0 Å². The molecule has 0 saturated heterocycles. The molecule has 0 heterocycles. The number of nitrogens with two attached hydrogens (primary N) is 3. The van der Waals surface area contributed by atoms with Crippen LogP contribution < -0.4 is 17.3 Å². The fourth-order valence-electron chi connectivity index (χ4n) is 2.69. The fraction of sp³-hybridized carbons (Fsp3) is 0.600. The second kappa shape index (κ2) is 7.58. The molecule has 4 heteroatoms. The molecule has 0 aliphatic rings. The Labute approximate surface area is 148 Å². The zero-order valence-electron chi connectivity index (χ0n) is 16.3. The smallest absolute Gasteiger partial charge is 0.0395 e. The van der Waals surface area contributed by atoms with Crippen molar-refractivity contribution in [3.05, 3.63) is 47.8 Å². The Morgan fingerprint density at radius 3 is 2.08 bits per heavy atom. The average molecular weight is 333 g/mol. The minimum Gasteiger partial charge on any atom is -0.401 e. The van der Waals surface area contributed by atoms with Crippen LogP contribution >= 0.6 is 0 Å². The Hall–Kier alpha value is -1.52. The lowest BCUT2D eigenvalue weighted by Crippen LogP contribution is -2.46. The van der Waals surface area contributed by atoms with Crippen LogP contribution in [0.2, 0.25) is 0 Å². The highest BCUT2D eigenvalue weighted by molar-refractivity contribution is 5.26. The highest BCUT2D eigenvalue weighted by Gasteiger charge is 2.39. The molecule has 0 spiro atoms. The lowest BCUT2D eigenvalue weighted by Gasteiger charge is -2.44. The Kier molecular flexibility index (Phi) is 6.48. The third-order valence-electron chi connectivity index (χ3n) is 5.15. The molecule has 4 nitrogen and oxygen atoms in total. The maximum absolute atomic E-state index is 6.22. The molecule has 1 aromatic rings. The molecule has 0 aromatic heterocycles. The van der Waals surface area contributed by atoms with Gasteiger partial charge in [-0.1, -0.05) is 58.0 Å². The van der Waals surface area contributed by atoms with Gasteiger partial charge in [0.15, 0.2) is 0 Å². The summed E-state index contributed by atoms with van der Waals surface area (Å²) in [5.41, 5.74) is 13.9. The summed E-state index contributed by atoms with van der Waals surface area (Å²) in [4.78, 5) is 0. The maximum atomic E-state index is 6.22. The van der Waals surface area contributed by atoms with Crippen LogP contribution in [-0.2, 0) is 5.41 Å². The quantitative estimate of drug-likeness (QED) is 0.503. The third kappa shape index (κ3) is 5.84. The van der Waals surface area contributed by atoms with Crippen LogP contribution in [-0.4, -0.2) is 17.1 Å². The molecule has 0 unspecified atom stereocenters. The summed E-state index contributed by atoms with van der Waals surface area (Å²) in [5.74, 6) is 6.22. The van der Waals surface area contributed by atoms with Gasteiger partial charge in [-0.25, -0.2) is 5.84 Å². The zero-order chi connectivity index (χ0) is 18.6. The minimum atomic E-state index is -0.216. The normalized spacial score (nSPS) is 13.9. The van der Waals surface area contributed by atoms with Gasteiger partial charge in [0.1, 0.15) is 0 Å². The van der Waals surface area contributed by atoms with Crippen molar-refractivity contribution in [2.24, 2.45) is 22.7 Å². The summed E-state index contributed by atoms with van der Waals surface area (Å²) in [6.45, 7) is 13.7. The van der Waals surface area contributed by atoms with Crippen molar-refractivity contribution in [2.45, 2.75) is 65.3 Å². The second-order valence-electron chi connectivity index (χ2n) is 8.74. The Morgan fingerprint density at radius 1 is 1.04 bits per heavy atom. The van der Waals surface area contributed by atoms with Gasteiger partial charge >= 0.3 is 0 Å². The van der Waals surface area contributed by atoms with Crippen molar-refractivity contribution in [2.75, 3.05) is 6.54 Å². The van der Waals surface area contributed by atoms with Crippen LogP contribution in [0, 0.1) is 5.41 Å². The van der Waals surface area contributed by atoms with Crippen LogP contribution in [0.5, 0.6) is 0 Å². The van der Waals surface area contributed by atoms with Gasteiger partial charge in [-0.05, 0) is 43.1 Å². The number of hydrogen-bond acceptors (Lipinski definition) is 4. The van der Waals surface area contributed by atoms with E-state index in [0.29, 0.717) is 6.54 Å². The minimum absolute atomic E-state index is 0.0201. The highest BCUT2D eigenvalue weighted by atomic mass is 15.4. The highest BCUT2D eigenvalue weighted by Crippen LogP contribution is 2.41. The van der Waals surface area contributed by atoms with Gasteiger partial charge in [0, 0.05) is 24.0 Å². The largest absolute Gasteiger partial charge is 0.401 e. The van der Waals surface area contributed by atoms with Crippen molar-refractivity contribution >= 4 is 0 Å². The molecular formula is C20H36N4. The Bertz CT molecular complexity index is 539. The Balaban J connectivity index is 2.78. The first kappa shape index (κ1) is 20.5. The fourth-order valence-corrected chi connectivity index (χ4v) is 2.69. The molecule has 136 valence electrons. The van der Waals surface area contributed by atoms with Gasteiger partial charge in [-0.15, -0.1) is 0 Å². The predicted molar refractivity (Wildman–Crippen MR) is 104 cm³/mol. The monoisotopic (exact) mass is 332 g/mol. The summed E-state index contributed by atoms with van der Waals surface area (Å²) < 4.78 is 0. The van der Waals surface area contributed by atoms with E-state index in [1.165, 1.54) is 5.56 Å². The second-order valence-corrected chi connectivity index (χ2v) is 8.74. The predicted octanol–water partition coefficient (Wildman–Crippen LogP) is 3.48. The van der Waals surface area contributed by atoms with Gasteiger partial charge in [-0.3, -0.25) is 0 Å². The lowest BCUT2D eigenvalue weighted by atomic mass is 9.64. The van der Waals surface area contributed by atoms with E-state index in [0.717, 1.165) is 18.5 Å². The van der Waals surface area contributed by atoms with Crippen LogP contribution in [0.15, 0.2) is 42.2 Å². The van der Waals surface area contributed by atoms with Crippen molar-refractivity contribution < 1.29 is 0 Å². The van der Waals surface area contributed by atoms with Crippen LogP contribution in [0.3, 0.4) is 0 Å². The number of nitrogens with zero attached hydrogens (tertiary/aromatic N) is 1. The van der Waals surface area contributed by atoms with Crippen LogP contribution in [0.1, 0.15) is 59.9 Å². The molecule has 0 amide bonds. The van der Waals surface area contributed by atoms with E-state index >= 15 is 0 Å². The molecule has 1 rings (SSSR count). The third-order valence-corrected chi connectivity index (χ3v) is 5.15. The molecular weight excluding hydrogens is 296 g/mol. The number of allylic oxidation sites excluding steroid dienone is 1. The molecule has 24 heavy (non-hydrogen) atoms. The number of hydrogen-bond donors (Lipinski definition) is 3. The van der Waals surface area contributed by atoms with Gasteiger partial charge < -0.3 is 16.5 Å². The van der Waals surface area contributed by atoms with Crippen molar-refractivity contribution in [3.8, 4) is 0 Å². The van der Waals surface area contributed by atoms with E-state index in [4.69, 9.17) is 17.3 Å². The molecule has 1 aromatic carbocycles. The molecule has 0 atom stereocenters. The first-order valence-electron chi connectivity index (χ1n) is 8.67. The first-order valence-corrected chi connectivity index (χ1v) is 8.67. The summed E-state index contributed by atoms with van der Waals surface area (Å²) in [7, 11) is 0. The lowest BCUT2D eigenvalue weighted by molar-refractivity contribution is 0.137. The Morgan fingerprint density at radius 2 is 1.58 bits per heavy atom. The van der Waals surface area contributed by atoms with Gasteiger partial charge in [0.05, 0.1) is 0 Å². The number of rotatable bonds is 8. The van der Waals surface area contributed by atoms with E-state index < -0.39 is 0 Å². The molecule has 0 saturated carbocycles. The van der Waals surface area contributed by atoms with E-state index in [2.05, 4.69) is 52.0 Å². The van der Waals surface area contributed by atoms with Crippen molar-refractivity contribution in [1.29, 1.82) is 0 Å². The topological polar surface area (TPSA) is 81.3 Å². The van der Waals surface area contributed by atoms with E-state index in [1.807, 2.05) is 26.1 Å². The SMILES string of the molecule is CC(C)(N)CC/C(N)=C/N(N)CC(C)(C)C(C)(C)c1ccccc1. The summed E-state index contributed by atoms with van der Waals surface area (Å²) in [5, 5.41) is 1.71. The average Bonchev–Trinajstić information content (AvgIpc) is 2.44. The molecule has 0 radical (unpaired) electrons. The standard InChI is InChI=1S/C20H36N4/c1-18(2,20(5,6)16-10-8-7-9-11-16)15-24(23)14-17(21)12-13-19(3,4)22/h7-11,14H,12-13,15,21-23H2,1-6H3/b17-14-. The molecule has 6 N–H and O–H groups in total. The van der Waals surface area contributed by atoms with Crippen molar-refractivity contribution in [3.63, 3.8) is 0 Å².